The van der Waals surface area contributed by atoms with Crippen molar-refractivity contribution in [3.05, 3.63) is 0 Å². The summed E-state index contributed by atoms with van der Waals surface area (Å²) in [6.45, 7) is 11.1. The first kappa shape index (κ1) is 12.9. The van der Waals surface area contributed by atoms with Gasteiger partial charge < -0.3 is 5.32 Å². The van der Waals surface area contributed by atoms with Crippen LogP contribution in [0, 0.1) is 17.3 Å². The third-order valence-electron chi connectivity index (χ3n) is 5.96. The maximum atomic E-state index is 3.79. The highest BCUT2D eigenvalue weighted by molar-refractivity contribution is 5.03. The second-order valence-electron chi connectivity index (χ2n) is 7.53. The van der Waals surface area contributed by atoms with Crippen molar-refractivity contribution in [1.82, 2.24) is 10.2 Å². The first-order valence-electron chi connectivity index (χ1n) is 8.09. The Kier molecular flexibility index (Phi) is 3.44. The van der Waals surface area contributed by atoms with Gasteiger partial charge in [-0.1, -0.05) is 27.2 Å². The Labute approximate surface area is 113 Å². The lowest BCUT2D eigenvalue weighted by molar-refractivity contribution is 0.162. The van der Waals surface area contributed by atoms with Crippen molar-refractivity contribution in [2.75, 3.05) is 19.6 Å². The van der Waals surface area contributed by atoms with E-state index in [1.165, 1.54) is 45.2 Å². The molecule has 1 saturated heterocycles. The minimum atomic E-state index is 0.485. The summed E-state index contributed by atoms with van der Waals surface area (Å²) in [4.78, 5) is 2.84. The number of likely N-dealkylation sites (tertiary alicyclic amines) is 1. The molecule has 3 rings (SSSR count). The molecular weight excluding hydrogens is 220 g/mol. The molecule has 0 aromatic rings. The van der Waals surface area contributed by atoms with Crippen LogP contribution in [-0.2, 0) is 0 Å². The van der Waals surface area contributed by atoms with Crippen LogP contribution in [0.25, 0.3) is 0 Å². The van der Waals surface area contributed by atoms with Crippen LogP contribution < -0.4 is 5.32 Å². The van der Waals surface area contributed by atoms with Crippen LogP contribution in [-0.4, -0.2) is 36.6 Å². The van der Waals surface area contributed by atoms with Crippen molar-refractivity contribution in [3.63, 3.8) is 0 Å². The van der Waals surface area contributed by atoms with Crippen molar-refractivity contribution >= 4 is 0 Å². The maximum absolute atomic E-state index is 3.79. The van der Waals surface area contributed by atoms with E-state index >= 15 is 0 Å². The Morgan fingerprint density at radius 2 is 1.78 bits per heavy atom. The molecule has 2 nitrogen and oxygen atoms in total. The second-order valence-corrected chi connectivity index (χ2v) is 7.53. The number of likely N-dealkylation sites (N-methyl/N-ethyl adjacent to an activating group) is 1. The third-order valence-corrected chi connectivity index (χ3v) is 5.96. The minimum absolute atomic E-state index is 0.485. The van der Waals surface area contributed by atoms with E-state index in [4.69, 9.17) is 0 Å². The van der Waals surface area contributed by atoms with Crippen LogP contribution >= 0.6 is 0 Å². The topological polar surface area (TPSA) is 15.3 Å². The summed E-state index contributed by atoms with van der Waals surface area (Å²) in [5.41, 5.74) is 0.485. The molecule has 4 atom stereocenters. The molecule has 2 heteroatoms. The van der Waals surface area contributed by atoms with Gasteiger partial charge >= 0.3 is 0 Å². The number of rotatable bonds is 3. The van der Waals surface area contributed by atoms with Gasteiger partial charge in [0.1, 0.15) is 0 Å². The van der Waals surface area contributed by atoms with Crippen molar-refractivity contribution in [2.24, 2.45) is 17.3 Å². The first-order valence-corrected chi connectivity index (χ1v) is 8.09. The van der Waals surface area contributed by atoms with Gasteiger partial charge in [-0.2, -0.15) is 0 Å². The fourth-order valence-electron chi connectivity index (χ4n) is 4.93. The SMILES string of the molecule is CCNC1C(N2CC3CCCC3C2)CCC1(C)C. The predicted molar refractivity (Wildman–Crippen MR) is 76.7 cm³/mol. The smallest absolute Gasteiger partial charge is 0.0274 e. The van der Waals surface area contributed by atoms with Gasteiger partial charge in [0.05, 0.1) is 0 Å². The summed E-state index contributed by atoms with van der Waals surface area (Å²) in [6.07, 6.45) is 7.30. The van der Waals surface area contributed by atoms with Gasteiger partial charge in [-0.3, -0.25) is 4.90 Å². The van der Waals surface area contributed by atoms with Gasteiger partial charge in [0.25, 0.3) is 0 Å². The summed E-state index contributed by atoms with van der Waals surface area (Å²) in [6, 6.07) is 1.52. The molecular formula is C16H30N2. The van der Waals surface area contributed by atoms with Crippen molar-refractivity contribution in [1.29, 1.82) is 0 Å². The van der Waals surface area contributed by atoms with Gasteiger partial charge in [-0.25, -0.2) is 0 Å². The van der Waals surface area contributed by atoms with E-state index in [0.29, 0.717) is 11.5 Å². The normalized spacial score (nSPS) is 43.5. The molecule has 2 aliphatic carbocycles. The lowest BCUT2D eigenvalue weighted by Gasteiger charge is -2.36. The van der Waals surface area contributed by atoms with E-state index in [2.05, 4.69) is 31.0 Å². The Morgan fingerprint density at radius 3 is 2.39 bits per heavy atom. The van der Waals surface area contributed by atoms with Crippen molar-refractivity contribution in [2.45, 2.75) is 65.0 Å². The highest BCUT2D eigenvalue weighted by Crippen LogP contribution is 2.44. The predicted octanol–water partition coefficient (Wildman–Crippen LogP) is 2.89. The molecule has 3 aliphatic rings. The average Bonchev–Trinajstić information content (AvgIpc) is 2.93. The molecule has 0 radical (unpaired) electrons. The van der Waals surface area contributed by atoms with Crippen LogP contribution in [0.15, 0.2) is 0 Å². The Balaban J connectivity index is 1.68. The van der Waals surface area contributed by atoms with Gasteiger partial charge in [-0.15, -0.1) is 0 Å². The number of nitrogens with zero attached hydrogens (tertiary/aromatic N) is 1. The minimum Gasteiger partial charge on any atom is -0.312 e. The maximum Gasteiger partial charge on any atom is 0.0274 e. The van der Waals surface area contributed by atoms with Gasteiger partial charge in [0.2, 0.25) is 0 Å². The van der Waals surface area contributed by atoms with E-state index in [1.807, 2.05) is 0 Å². The lowest BCUT2D eigenvalue weighted by atomic mass is 9.86. The molecule has 1 N–H and O–H groups in total. The fourth-order valence-corrected chi connectivity index (χ4v) is 4.93. The van der Waals surface area contributed by atoms with Crippen molar-refractivity contribution < 1.29 is 0 Å². The molecule has 0 bridgehead atoms. The third kappa shape index (κ3) is 2.12. The molecule has 0 aromatic carbocycles. The fraction of sp³-hybridized carbons (Fsp3) is 1.00. The van der Waals surface area contributed by atoms with Crippen LogP contribution in [0.4, 0.5) is 0 Å². The molecule has 0 aromatic heterocycles. The van der Waals surface area contributed by atoms with Crippen molar-refractivity contribution in [3.8, 4) is 0 Å². The molecule has 0 spiro atoms. The van der Waals surface area contributed by atoms with E-state index in [1.54, 1.807) is 0 Å². The molecule has 1 aliphatic heterocycles. The van der Waals surface area contributed by atoms with E-state index < -0.39 is 0 Å². The summed E-state index contributed by atoms with van der Waals surface area (Å²) in [7, 11) is 0. The van der Waals surface area contributed by atoms with E-state index in [9.17, 15) is 0 Å². The van der Waals surface area contributed by atoms with E-state index in [0.717, 1.165) is 24.4 Å². The lowest BCUT2D eigenvalue weighted by Crippen LogP contribution is -2.51. The summed E-state index contributed by atoms with van der Waals surface area (Å²) >= 11 is 0. The molecule has 0 amide bonds. The van der Waals surface area contributed by atoms with Gasteiger partial charge in [0.15, 0.2) is 0 Å². The number of fused-ring (bicyclic) bond motifs is 1. The molecule has 2 saturated carbocycles. The van der Waals surface area contributed by atoms with Crippen LogP contribution in [0.3, 0.4) is 0 Å². The molecule has 3 fully saturated rings. The Bertz CT molecular complexity index is 287. The van der Waals surface area contributed by atoms with Crippen LogP contribution in [0.5, 0.6) is 0 Å². The van der Waals surface area contributed by atoms with E-state index in [-0.39, 0.29) is 0 Å². The summed E-state index contributed by atoms with van der Waals surface area (Å²) in [5.74, 6) is 2.08. The zero-order valence-corrected chi connectivity index (χ0v) is 12.4. The van der Waals surface area contributed by atoms with Crippen LogP contribution in [0.1, 0.15) is 52.9 Å². The summed E-state index contributed by atoms with van der Waals surface area (Å²) < 4.78 is 0. The number of hydrogen-bond donors (Lipinski definition) is 1. The molecule has 104 valence electrons. The quantitative estimate of drug-likeness (QED) is 0.828. The zero-order chi connectivity index (χ0) is 12.8. The Morgan fingerprint density at radius 1 is 1.11 bits per heavy atom. The molecule has 18 heavy (non-hydrogen) atoms. The van der Waals surface area contributed by atoms with Crippen LogP contribution in [0.2, 0.25) is 0 Å². The highest BCUT2D eigenvalue weighted by atomic mass is 15.2. The van der Waals surface area contributed by atoms with Gasteiger partial charge in [0, 0.05) is 25.2 Å². The average molecular weight is 250 g/mol. The largest absolute Gasteiger partial charge is 0.312 e. The molecule has 1 heterocycles. The monoisotopic (exact) mass is 250 g/mol. The number of nitrogens with one attached hydrogen (secondary N) is 1. The first-order chi connectivity index (χ1) is 8.62. The number of hydrogen-bond acceptors (Lipinski definition) is 2. The highest BCUT2D eigenvalue weighted by Gasteiger charge is 2.47. The molecule has 4 unspecified atom stereocenters. The second kappa shape index (κ2) is 4.79. The Hall–Kier alpha value is -0.0800. The summed E-state index contributed by atoms with van der Waals surface area (Å²) in [5, 5.41) is 3.79. The zero-order valence-electron chi connectivity index (χ0n) is 12.4. The van der Waals surface area contributed by atoms with Gasteiger partial charge in [-0.05, 0) is 49.5 Å². The standard InChI is InChI=1S/C16H30N2/c1-4-17-15-14(8-9-16(15,2)3)18-10-12-6-5-7-13(12)11-18/h12-15,17H,4-11H2,1-3H3.